The van der Waals surface area contributed by atoms with Gasteiger partial charge in [-0.3, -0.25) is 4.79 Å². The molecule has 0 saturated carbocycles. The third-order valence-electron chi connectivity index (χ3n) is 6.99. The molecule has 0 saturated heterocycles. The molecule has 1 aliphatic rings. The van der Waals surface area contributed by atoms with Crippen LogP contribution in [-0.4, -0.2) is 59.7 Å². The molecule has 8 nitrogen and oxygen atoms in total. The molecule has 0 spiro atoms. The number of carbonyl (C=O) groups excluding carboxylic acids is 2. The minimum atomic E-state index is -0.343. The average molecular weight is 539 g/mol. The summed E-state index contributed by atoms with van der Waals surface area (Å²) in [6.07, 6.45) is 2.04. The van der Waals surface area contributed by atoms with Gasteiger partial charge in [-0.05, 0) is 61.0 Å². The Bertz CT molecular complexity index is 1430. The molecule has 1 aromatic heterocycles. The molecule has 3 aromatic carbocycles. The maximum Gasteiger partial charge on any atom is 0.322 e. The van der Waals surface area contributed by atoms with Crippen LogP contribution in [-0.2, 0) is 16.1 Å². The van der Waals surface area contributed by atoms with Crippen LogP contribution in [0.4, 0.5) is 10.5 Å². The van der Waals surface area contributed by atoms with Gasteiger partial charge >= 0.3 is 6.03 Å². The van der Waals surface area contributed by atoms with E-state index in [1.807, 2.05) is 109 Å². The van der Waals surface area contributed by atoms with Gasteiger partial charge in [0.05, 0.1) is 12.6 Å². The van der Waals surface area contributed by atoms with Crippen molar-refractivity contribution in [2.75, 3.05) is 38.7 Å². The quantitative estimate of drug-likeness (QED) is 0.297. The summed E-state index contributed by atoms with van der Waals surface area (Å²) in [5.41, 5.74) is 3.73. The lowest BCUT2D eigenvalue weighted by Gasteiger charge is -2.38. The van der Waals surface area contributed by atoms with Crippen LogP contribution in [0.3, 0.4) is 0 Å². The van der Waals surface area contributed by atoms with Gasteiger partial charge < -0.3 is 29.2 Å². The van der Waals surface area contributed by atoms with Crippen LogP contribution in [0, 0.1) is 6.92 Å². The minimum Gasteiger partial charge on any atom is -0.457 e. The van der Waals surface area contributed by atoms with Crippen LogP contribution < -0.4 is 10.1 Å². The predicted octanol–water partition coefficient (Wildman–Crippen LogP) is 5.70. The third kappa shape index (κ3) is 6.35. The lowest BCUT2D eigenvalue weighted by molar-refractivity contribution is -0.134. The Labute approximate surface area is 234 Å². The van der Waals surface area contributed by atoms with Crippen LogP contribution in [0.15, 0.2) is 97.2 Å². The Kier molecular flexibility index (Phi) is 8.47. The number of ether oxygens (including phenoxy) is 2. The first-order valence-corrected chi connectivity index (χ1v) is 13.4. The van der Waals surface area contributed by atoms with Crippen molar-refractivity contribution in [3.8, 4) is 11.5 Å². The zero-order valence-electron chi connectivity index (χ0n) is 22.8. The highest BCUT2D eigenvalue weighted by Crippen LogP contribution is 2.35. The number of fused-ring (bicyclic) bond motifs is 1. The van der Waals surface area contributed by atoms with E-state index in [9.17, 15) is 9.59 Å². The highest BCUT2D eigenvalue weighted by molar-refractivity contribution is 5.92. The van der Waals surface area contributed by atoms with E-state index >= 15 is 0 Å². The summed E-state index contributed by atoms with van der Waals surface area (Å²) in [6, 6.07) is 28.4. The highest BCUT2D eigenvalue weighted by atomic mass is 16.5. The van der Waals surface area contributed by atoms with E-state index in [1.54, 1.807) is 7.11 Å². The molecule has 0 aliphatic carbocycles. The number of nitrogens with one attached hydrogen (secondary N) is 1. The summed E-state index contributed by atoms with van der Waals surface area (Å²) in [7, 11) is 1.58. The molecular formula is C32H34N4O4. The first-order valence-electron chi connectivity index (χ1n) is 13.4. The molecule has 1 N–H and O–H groups in total. The third-order valence-corrected chi connectivity index (χ3v) is 6.99. The van der Waals surface area contributed by atoms with Gasteiger partial charge in [-0.15, -0.1) is 0 Å². The summed E-state index contributed by atoms with van der Waals surface area (Å²) in [6.45, 7) is 3.72. The number of methoxy groups -OCH3 is 1. The number of carbonyl (C=O) groups is 2. The Hall–Kier alpha value is -4.56. The average Bonchev–Trinajstić information content (AvgIpc) is 3.45. The number of amides is 3. The van der Waals surface area contributed by atoms with Crippen LogP contribution in [0.2, 0.25) is 0 Å². The lowest BCUT2D eigenvalue weighted by Crippen LogP contribution is -2.49. The van der Waals surface area contributed by atoms with Crippen LogP contribution in [0.5, 0.6) is 11.5 Å². The molecular weight excluding hydrogens is 504 g/mol. The number of anilines is 1. The number of rotatable bonds is 9. The molecule has 5 rings (SSSR count). The molecule has 2 heterocycles. The molecule has 0 fully saturated rings. The monoisotopic (exact) mass is 538 g/mol. The Morgan fingerprint density at radius 1 is 0.925 bits per heavy atom. The summed E-state index contributed by atoms with van der Waals surface area (Å²) < 4.78 is 13.5. The van der Waals surface area contributed by atoms with Crippen molar-refractivity contribution in [3.63, 3.8) is 0 Å². The van der Waals surface area contributed by atoms with E-state index in [4.69, 9.17) is 9.47 Å². The Morgan fingerprint density at radius 2 is 1.70 bits per heavy atom. The van der Waals surface area contributed by atoms with Crippen LogP contribution in [0.25, 0.3) is 0 Å². The maximum absolute atomic E-state index is 13.9. The zero-order chi connectivity index (χ0) is 27.9. The van der Waals surface area contributed by atoms with Crippen molar-refractivity contribution < 1.29 is 19.1 Å². The molecule has 0 radical (unpaired) electrons. The fraction of sp³-hybridized carbons (Fsp3) is 0.250. The van der Waals surface area contributed by atoms with Crippen LogP contribution in [0.1, 0.15) is 22.9 Å². The van der Waals surface area contributed by atoms with Crippen molar-refractivity contribution in [3.05, 3.63) is 114 Å². The van der Waals surface area contributed by atoms with Gasteiger partial charge in [-0.25, -0.2) is 4.79 Å². The molecule has 0 unspecified atom stereocenters. The van der Waals surface area contributed by atoms with Crippen molar-refractivity contribution in [1.82, 2.24) is 14.4 Å². The number of aromatic nitrogens is 1. The van der Waals surface area contributed by atoms with Gasteiger partial charge in [0.25, 0.3) is 0 Å². The van der Waals surface area contributed by atoms with E-state index in [2.05, 4.69) is 9.88 Å². The van der Waals surface area contributed by atoms with Gasteiger partial charge in [0.15, 0.2) is 0 Å². The fourth-order valence-electron chi connectivity index (χ4n) is 4.92. The summed E-state index contributed by atoms with van der Waals surface area (Å²) in [4.78, 5) is 30.5. The van der Waals surface area contributed by atoms with Gasteiger partial charge in [0, 0.05) is 44.3 Å². The fourth-order valence-corrected chi connectivity index (χ4v) is 4.92. The second-order valence-corrected chi connectivity index (χ2v) is 9.81. The van der Waals surface area contributed by atoms with Gasteiger partial charge in [-0.2, -0.15) is 0 Å². The second kappa shape index (κ2) is 12.5. The highest BCUT2D eigenvalue weighted by Gasteiger charge is 2.33. The van der Waals surface area contributed by atoms with E-state index in [0.717, 1.165) is 22.6 Å². The number of aryl methyl sites for hydroxylation is 1. The van der Waals surface area contributed by atoms with E-state index in [-0.39, 0.29) is 31.1 Å². The van der Waals surface area contributed by atoms with Crippen molar-refractivity contribution in [2.45, 2.75) is 19.5 Å². The first kappa shape index (κ1) is 27.0. The second-order valence-electron chi connectivity index (χ2n) is 9.81. The standard InChI is InChI=1S/C32H34N4O4/c1-24-13-15-26(16-14-24)33-32(38)35(20-21-39-2)23-30(37)36-19-18-34-17-7-12-29(34)31(36)25-8-6-11-28(22-25)40-27-9-4-3-5-10-27/h3-17,22,31H,18-21,23H2,1-2H3,(H,33,38)/t31-/m0/s1. The van der Waals surface area contributed by atoms with Crippen molar-refractivity contribution in [1.29, 1.82) is 0 Å². The Balaban J connectivity index is 1.38. The van der Waals surface area contributed by atoms with Gasteiger partial charge in [0.1, 0.15) is 18.0 Å². The molecule has 8 heteroatoms. The molecule has 1 atom stereocenters. The topological polar surface area (TPSA) is 76.0 Å². The number of urea groups is 1. The molecule has 4 aromatic rings. The zero-order valence-corrected chi connectivity index (χ0v) is 22.8. The molecule has 3 amide bonds. The largest absolute Gasteiger partial charge is 0.457 e. The predicted molar refractivity (Wildman–Crippen MR) is 155 cm³/mol. The molecule has 0 bridgehead atoms. The number of hydrogen-bond acceptors (Lipinski definition) is 4. The first-order chi connectivity index (χ1) is 19.5. The van der Waals surface area contributed by atoms with Crippen LogP contribution >= 0.6 is 0 Å². The summed E-state index contributed by atoms with van der Waals surface area (Å²) in [5, 5.41) is 2.91. The minimum absolute atomic E-state index is 0.0710. The molecule has 40 heavy (non-hydrogen) atoms. The number of para-hydroxylation sites is 1. The molecule has 1 aliphatic heterocycles. The van der Waals surface area contributed by atoms with E-state index < -0.39 is 0 Å². The van der Waals surface area contributed by atoms with E-state index in [1.165, 1.54) is 4.90 Å². The normalized spacial score (nSPS) is 14.3. The maximum atomic E-state index is 13.9. The lowest BCUT2D eigenvalue weighted by atomic mass is 9.99. The van der Waals surface area contributed by atoms with Crippen molar-refractivity contribution >= 4 is 17.6 Å². The number of hydrogen-bond donors (Lipinski definition) is 1. The smallest absolute Gasteiger partial charge is 0.322 e. The number of benzene rings is 3. The van der Waals surface area contributed by atoms with E-state index in [0.29, 0.717) is 31.1 Å². The SMILES string of the molecule is COCCN(CC(=O)N1CCn2cccc2[C@@H]1c1cccc(Oc2ccccc2)c1)C(=O)Nc1ccc(C)cc1. The molecule has 206 valence electrons. The summed E-state index contributed by atoms with van der Waals surface area (Å²) >= 11 is 0. The van der Waals surface area contributed by atoms with Crippen molar-refractivity contribution in [2.24, 2.45) is 0 Å². The van der Waals surface area contributed by atoms with Gasteiger partial charge in [0.2, 0.25) is 5.91 Å². The van der Waals surface area contributed by atoms with Gasteiger partial charge in [-0.1, -0.05) is 48.0 Å². The summed E-state index contributed by atoms with van der Waals surface area (Å²) in [5.74, 6) is 1.30. The Morgan fingerprint density at radius 3 is 2.48 bits per heavy atom. The number of nitrogens with zero attached hydrogens (tertiary/aromatic N) is 3.